The largest absolute Gasteiger partial charge is 0.469 e. The summed E-state index contributed by atoms with van der Waals surface area (Å²) < 4.78 is 29.1. The molecule has 0 aliphatic carbocycles. The molecule has 92 valence electrons. The molecule has 1 aliphatic heterocycles. The summed E-state index contributed by atoms with van der Waals surface area (Å²) >= 11 is 0. The molecule has 1 heterocycles. The second-order valence-electron chi connectivity index (χ2n) is 3.76. The number of rotatable bonds is 3. The molecule has 0 saturated carbocycles. The fraction of sp³-hybridized carbons (Fsp3) is 0.800. The Morgan fingerprint density at radius 1 is 1.44 bits per heavy atom. The average molecular weight is 235 g/mol. The van der Waals surface area contributed by atoms with Gasteiger partial charge in [0, 0.05) is 12.6 Å². The number of carbonyl (C=O) groups is 2. The Hall–Kier alpha value is -1.20. The Morgan fingerprint density at radius 2 is 2.12 bits per heavy atom. The molecule has 1 aliphatic rings. The fourth-order valence-corrected chi connectivity index (χ4v) is 1.90. The van der Waals surface area contributed by atoms with Gasteiger partial charge in [0.25, 0.3) is 5.91 Å². The lowest BCUT2D eigenvalue weighted by Crippen LogP contribution is -2.47. The van der Waals surface area contributed by atoms with Crippen molar-refractivity contribution in [1.29, 1.82) is 0 Å². The molecule has 0 N–H and O–H groups in total. The first-order valence-corrected chi connectivity index (χ1v) is 5.21. The van der Waals surface area contributed by atoms with E-state index in [-0.39, 0.29) is 6.42 Å². The minimum Gasteiger partial charge on any atom is -0.469 e. The number of nitrogens with zero attached hydrogens (tertiary/aromatic N) is 1. The Bertz CT molecular complexity index is 271. The number of methoxy groups -OCH3 is 1. The van der Waals surface area contributed by atoms with E-state index in [0.717, 1.165) is 11.3 Å². The van der Waals surface area contributed by atoms with Crippen molar-refractivity contribution in [3.8, 4) is 0 Å². The average Bonchev–Trinajstić information content (AvgIpc) is 2.28. The number of likely N-dealkylation sites (tertiary alicyclic amines) is 1. The van der Waals surface area contributed by atoms with Gasteiger partial charge in [0.15, 0.2) is 0 Å². The van der Waals surface area contributed by atoms with Crippen LogP contribution in [0.1, 0.15) is 25.7 Å². The molecule has 1 atom stereocenters. The van der Waals surface area contributed by atoms with Crippen molar-refractivity contribution in [1.82, 2.24) is 4.90 Å². The first kappa shape index (κ1) is 12.9. The number of esters is 1. The third kappa shape index (κ3) is 3.15. The maximum absolute atomic E-state index is 12.3. The summed E-state index contributed by atoms with van der Waals surface area (Å²) in [5.41, 5.74) is 0. The van der Waals surface area contributed by atoms with Gasteiger partial charge in [-0.1, -0.05) is 0 Å². The fourth-order valence-electron chi connectivity index (χ4n) is 1.90. The van der Waals surface area contributed by atoms with E-state index in [0.29, 0.717) is 19.4 Å². The maximum atomic E-state index is 12.3. The third-order valence-electron chi connectivity index (χ3n) is 2.73. The van der Waals surface area contributed by atoms with E-state index in [4.69, 9.17) is 0 Å². The highest BCUT2D eigenvalue weighted by atomic mass is 19.3. The lowest BCUT2D eigenvalue weighted by Gasteiger charge is -2.34. The SMILES string of the molecule is COC(=O)CC1CCCCN1C(=O)C(F)F. The van der Waals surface area contributed by atoms with Crippen molar-refractivity contribution in [2.75, 3.05) is 13.7 Å². The molecular formula is C10H15F2NO3. The van der Waals surface area contributed by atoms with Gasteiger partial charge >= 0.3 is 12.4 Å². The van der Waals surface area contributed by atoms with E-state index in [1.807, 2.05) is 0 Å². The van der Waals surface area contributed by atoms with Crippen LogP contribution in [0.3, 0.4) is 0 Å². The maximum Gasteiger partial charge on any atom is 0.315 e. The molecule has 0 aromatic rings. The van der Waals surface area contributed by atoms with Crippen molar-refractivity contribution in [3.05, 3.63) is 0 Å². The summed E-state index contributed by atoms with van der Waals surface area (Å²) in [6.07, 6.45) is -0.883. The smallest absolute Gasteiger partial charge is 0.315 e. The van der Waals surface area contributed by atoms with Gasteiger partial charge in [-0.25, -0.2) is 0 Å². The Morgan fingerprint density at radius 3 is 2.69 bits per heavy atom. The highest BCUT2D eigenvalue weighted by Crippen LogP contribution is 2.21. The predicted molar refractivity (Wildman–Crippen MR) is 52.0 cm³/mol. The van der Waals surface area contributed by atoms with Gasteiger partial charge in [-0.15, -0.1) is 0 Å². The molecule has 0 bridgehead atoms. The highest BCUT2D eigenvalue weighted by Gasteiger charge is 2.32. The monoisotopic (exact) mass is 235 g/mol. The lowest BCUT2D eigenvalue weighted by molar-refractivity contribution is -0.150. The number of piperidine rings is 1. The van der Waals surface area contributed by atoms with Crippen molar-refractivity contribution in [3.63, 3.8) is 0 Å². The van der Waals surface area contributed by atoms with Crippen LogP contribution in [0.5, 0.6) is 0 Å². The van der Waals surface area contributed by atoms with Crippen LogP contribution in [0.25, 0.3) is 0 Å². The second-order valence-corrected chi connectivity index (χ2v) is 3.76. The Kier molecular flexibility index (Phi) is 4.64. The molecule has 1 rings (SSSR count). The summed E-state index contributed by atoms with van der Waals surface area (Å²) in [5, 5.41) is 0. The minimum absolute atomic E-state index is 0.00500. The van der Waals surface area contributed by atoms with Gasteiger partial charge in [0.1, 0.15) is 0 Å². The molecule has 0 aromatic carbocycles. The number of alkyl halides is 2. The Labute approximate surface area is 92.5 Å². The van der Waals surface area contributed by atoms with E-state index in [1.165, 1.54) is 7.11 Å². The molecule has 1 unspecified atom stereocenters. The summed E-state index contributed by atoms with van der Waals surface area (Å²) in [6, 6.07) is -0.442. The zero-order chi connectivity index (χ0) is 12.1. The lowest BCUT2D eigenvalue weighted by atomic mass is 9.99. The zero-order valence-corrected chi connectivity index (χ0v) is 9.12. The molecule has 16 heavy (non-hydrogen) atoms. The van der Waals surface area contributed by atoms with Crippen LogP contribution in [-0.4, -0.2) is 42.9 Å². The van der Waals surface area contributed by atoms with Crippen molar-refractivity contribution >= 4 is 11.9 Å². The van der Waals surface area contributed by atoms with Crippen molar-refractivity contribution in [2.45, 2.75) is 38.2 Å². The van der Waals surface area contributed by atoms with Gasteiger partial charge in [0.2, 0.25) is 0 Å². The molecule has 6 heteroatoms. The van der Waals surface area contributed by atoms with Gasteiger partial charge in [-0.2, -0.15) is 8.78 Å². The molecular weight excluding hydrogens is 220 g/mol. The minimum atomic E-state index is -3.00. The van der Waals surface area contributed by atoms with Gasteiger partial charge in [0.05, 0.1) is 13.5 Å². The zero-order valence-electron chi connectivity index (χ0n) is 9.12. The number of halogens is 2. The van der Waals surface area contributed by atoms with Crippen LogP contribution in [0, 0.1) is 0 Å². The number of amides is 1. The molecule has 0 radical (unpaired) electrons. The molecule has 4 nitrogen and oxygen atoms in total. The predicted octanol–water partition coefficient (Wildman–Crippen LogP) is 1.20. The van der Waals surface area contributed by atoms with E-state index in [9.17, 15) is 18.4 Å². The number of carbonyl (C=O) groups excluding carboxylic acids is 2. The first-order chi connectivity index (χ1) is 7.56. The molecule has 1 saturated heterocycles. The van der Waals surface area contributed by atoms with Crippen LogP contribution in [-0.2, 0) is 14.3 Å². The van der Waals surface area contributed by atoms with Crippen LogP contribution in [0.4, 0.5) is 8.78 Å². The van der Waals surface area contributed by atoms with E-state index in [2.05, 4.69) is 4.74 Å². The summed E-state index contributed by atoms with van der Waals surface area (Å²) in [6.45, 7) is 0.296. The van der Waals surface area contributed by atoms with Crippen LogP contribution in [0.15, 0.2) is 0 Å². The van der Waals surface area contributed by atoms with Crippen molar-refractivity contribution < 1.29 is 23.1 Å². The molecule has 0 aromatic heterocycles. The van der Waals surface area contributed by atoms with Crippen LogP contribution in [0.2, 0.25) is 0 Å². The summed E-state index contributed by atoms with van der Waals surface area (Å²) in [7, 11) is 1.24. The molecule has 1 fully saturated rings. The normalized spacial score (nSPS) is 21.0. The number of hydrogen-bond donors (Lipinski definition) is 0. The standard InChI is InChI=1S/C10H15F2NO3/c1-16-8(14)6-7-4-2-3-5-13(7)10(15)9(11)12/h7,9H,2-6H2,1H3. The first-order valence-electron chi connectivity index (χ1n) is 5.21. The third-order valence-corrected chi connectivity index (χ3v) is 2.73. The quantitative estimate of drug-likeness (QED) is 0.690. The van der Waals surface area contributed by atoms with Gasteiger partial charge < -0.3 is 9.64 Å². The number of hydrogen-bond acceptors (Lipinski definition) is 3. The van der Waals surface area contributed by atoms with E-state index >= 15 is 0 Å². The second kappa shape index (κ2) is 5.77. The molecule has 1 amide bonds. The summed E-state index contributed by atoms with van der Waals surface area (Å²) in [5.74, 6) is -1.66. The van der Waals surface area contributed by atoms with Crippen molar-refractivity contribution in [2.24, 2.45) is 0 Å². The summed E-state index contributed by atoms with van der Waals surface area (Å²) in [4.78, 5) is 23.4. The molecule has 0 spiro atoms. The highest BCUT2D eigenvalue weighted by molar-refractivity contribution is 5.80. The van der Waals surface area contributed by atoms with E-state index < -0.39 is 24.3 Å². The van der Waals surface area contributed by atoms with Gasteiger partial charge in [-0.3, -0.25) is 9.59 Å². The Balaban J connectivity index is 2.63. The van der Waals surface area contributed by atoms with Crippen LogP contribution < -0.4 is 0 Å². The topological polar surface area (TPSA) is 46.6 Å². The van der Waals surface area contributed by atoms with E-state index in [1.54, 1.807) is 0 Å². The van der Waals surface area contributed by atoms with Gasteiger partial charge in [-0.05, 0) is 19.3 Å². The van der Waals surface area contributed by atoms with Crippen LogP contribution >= 0.6 is 0 Å². The number of ether oxygens (including phenoxy) is 1.